The maximum atomic E-state index is 13.4. The van der Waals surface area contributed by atoms with Gasteiger partial charge in [-0.05, 0) is 0 Å². The average Bonchev–Trinajstić information content (AvgIpc) is 1.83. The molecule has 12 heavy (non-hydrogen) atoms. The van der Waals surface area contributed by atoms with Gasteiger partial charge in [0.05, 0.1) is 19.5 Å². The van der Waals surface area contributed by atoms with Gasteiger partial charge in [0.15, 0.2) is 0 Å². The second-order valence-corrected chi connectivity index (χ2v) is 4.36. The standard InChI is InChI=1S/C6H11FO4S/c1-12(8,9)11-6(7)2-4-10-5-3-6/h2-5H2,1H3. The lowest BCUT2D eigenvalue weighted by Gasteiger charge is -2.27. The fraction of sp³-hybridized carbons (Fsp3) is 1.00. The first kappa shape index (κ1) is 9.88. The molecule has 1 saturated heterocycles. The van der Waals surface area contributed by atoms with E-state index in [-0.39, 0.29) is 26.1 Å². The molecule has 0 aliphatic carbocycles. The van der Waals surface area contributed by atoms with Crippen molar-refractivity contribution in [2.75, 3.05) is 19.5 Å². The van der Waals surface area contributed by atoms with Crippen LogP contribution in [0.15, 0.2) is 0 Å². The molecule has 0 atom stereocenters. The maximum Gasteiger partial charge on any atom is 0.267 e. The van der Waals surface area contributed by atoms with Gasteiger partial charge < -0.3 is 4.74 Å². The molecule has 0 radical (unpaired) electrons. The number of halogens is 1. The molecule has 0 saturated carbocycles. The van der Waals surface area contributed by atoms with E-state index in [1.165, 1.54) is 0 Å². The van der Waals surface area contributed by atoms with Crippen LogP contribution in [0.4, 0.5) is 4.39 Å². The molecule has 0 bridgehead atoms. The fourth-order valence-corrected chi connectivity index (χ4v) is 1.74. The topological polar surface area (TPSA) is 52.6 Å². The highest BCUT2D eigenvalue weighted by atomic mass is 32.2. The second-order valence-electron chi connectivity index (χ2n) is 2.78. The monoisotopic (exact) mass is 198 g/mol. The molecular formula is C6H11FO4S. The van der Waals surface area contributed by atoms with Gasteiger partial charge in [-0.2, -0.15) is 8.42 Å². The van der Waals surface area contributed by atoms with E-state index in [1.54, 1.807) is 0 Å². The molecular weight excluding hydrogens is 187 g/mol. The lowest BCUT2D eigenvalue weighted by Crippen LogP contribution is -2.36. The van der Waals surface area contributed by atoms with Crippen molar-refractivity contribution in [1.29, 1.82) is 0 Å². The minimum Gasteiger partial charge on any atom is -0.381 e. The van der Waals surface area contributed by atoms with Gasteiger partial charge in [0.25, 0.3) is 10.1 Å². The molecule has 1 heterocycles. The van der Waals surface area contributed by atoms with Gasteiger partial charge in [0, 0.05) is 12.8 Å². The van der Waals surface area contributed by atoms with E-state index >= 15 is 0 Å². The third kappa shape index (κ3) is 3.04. The van der Waals surface area contributed by atoms with Crippen LogP contribution in [0, 0.1) is 0 Å². The highest BCUT2D eigenvalue weighted by molar-refractivity contribution is 7.86. The summed E-state index contributed by atoms with van der Waals surface area (Å²) in [5, 5.41) is 0. The molecule has 1 fully saturated rings. The highest BCUT2D eigenvalue weighted by Crippen LogP contribution is 2.27. The predicted molar refractivity (Wildman–Crippen MR) is 39.8 cm³/mol. The molecule has 0 N–H and O–H groups in total. The Balaban J connectivity index is 2.59. The zero-order valence-electron chi connectivity index (χ0n) is 6.75. The molecule has 1 aliphatic heterocycles. The minimum absolute atomic E-state index is 0.0277. The molecule has 0 spiro atoms. The Morgan fingerprint density at radius 2 is 1.92 bits per heavy atom. The van der Waals surface area contributed by atoms with E-state index in [9.17, 15) is 12.8 Å². The molecule has 4 nitrogen and oxygen atoms in total. The van der Waals surface area contributed by atoms with Crippen molar-refractivity contribution in [2.24, 2.45) is 0 Å². The molecule has 0 aromatic heterocycles. The van der Waals surface area contributed by atoms with Crippen LogP contribution in [0.1, 0.15) is 12.8 Å². The van der Waals surface area contributed by atoms with Gasteiger partial charge in [-0.25, -0.2) is 8.57 Å². The highest BCUT2D eigenvalue weighted by Gasteiger charge is 2.36. The summed E-state index contributed by atoms with van der Waals surface area (Å²) >= 11 is 0. The Morgan fingerprint density at radius 3 is 2.33 bits per heavy atom. The average molecular weight is 198 g/mol. The number of ether oxygens (including phenoxy) is 1. The number of rotatable bonds is 2. The summed E-state index contributed by atoms with van der Waals surface area (Å²) in [6, 6.07) is 0. The number of hydrogen-bond donors (Lipinski definition) is 0. The van der Waals surface area contributed by atoms with Crippen molar-refractivity contribution in [3.05, 3.63) is 0 Å². The molecule has 6 heteroatoms. The Hall–Kier alpha value is -0.200. The zero-order chi connectivity index (χ0) is 9.24. The molecule has 72 valence electrons. The van der Waals surface area contributed by atoms with Gasteiger partial charge in [-0.3, -0.25) is 0 Å². The van der Waals surface area contributed by atoms with Gasteiger partial charge in [0.1, 0.15) is 0 Å². The molecule has 0 unspecified atom stereocenters. The molecule has 1 aliphatic rings. The maximum absolute atomic E-state index is 13.4. The summed E-state index contributed by atoms with van der Waals surface area (Å²) in [6.07, 6.45) is 0.782. The predicted octanol–water partition coefficient (Wildman–Crippen LogP) is 0.439. The Labute approximate surface area is 70.8 Å². The summed E-state index contributed by atoms with van der Waals surface area (Å²) in [5.74, 6) is -2.05. The van der Waals surface area contributed by atoms with Crippen molar-refractivity contribution < 1.29 is 21.7 Å². The largest absolute Gasteiger partial charge is 0.381 e. The van der Waals surface area contributed by atoms with Gasteiger partial charge in [0.2, 0.25) is 5.85 Å². The van der Waals surface area contributed by atoms with E-state index in [2.05, 4.69) is 4.18 Å². The second kappa shape index (κ2) is 3.27. The molecule has 1 rings (SSSR count). The van der Waals surface area contributed by atoms with Crippen LogP contribution in [0.3, 0.4) is 0 Å². The summed E-state index contributed by atoms with van der Waals surface area (Å²) < 4.78 is 43.7. The van der Waals surface area contributed by atoms with E-state index in [4.69, 9.17) is 4.74 Å². The van der Waals surface area contributed by atoms with Crippen LogP contribution in [-0.2, 0) is 19.0 Å². The smallest absolute Gasteiger partial charge is 0.267 e. The molecule has 0 aromatic carbocycles. The van der Waals surface area contributed by atoms with E-state index < -0.39 is 16.0 Å². The van der Waals surface area contributed by atoms with E-state index in [0.29, 0.717) is 0 Å². The molecule has 0 amide bonds. The van der Waals surface area contributed by atoms with Crippen molar-refractivity contribution in [1.82, 2.24) is 0 Å². The fourth-order valence-electron chi connectivity index (χ4n) is 1.03. The quantitative estimate of drug-likeness (QED) is 0.604. The lowest BCUT2D eigenvalue weighted by atomic mass is 10.1. The Kier molecular flexibility index (Phi) is 2.70. The van der Waals surface area contributed by atoms with Crippen LogP contribution in [0.2, 0.25) is 0 Å². The third-order valence-electron chi connectivity index (χ3n) is 1.54. The normalized spacial score (nSPS) is 23.8. The lowest BCUT2D eigenvalue weighted by molar-refractivity contribution is -0.127. The van der Waals surface area contributed by atoms with E-state index in [0.717, 1.165) is 6.26 Å². The summed E-state index contributed by atoms with van der Waals surface area (Å²) in [6.45, 7) is 0.401. The van der Waals surface area contributed by atoms with Crippen molar-refractivity contribution in [2.45, 2.75) is 18.7 Å². The van der Waals surface area contributed by atoms with Crippen LogP contribution in [-0.4, -0.2) is 33.7 Å². The Bertz CT molecular complexity index is 242. The zero-order valence-corrected chi connectivity index (χ0v) is 7.56. The van der Waals surface area contributed by atoms with Gasteiger partial charge >= 0.3 is 0 Å². The van der Waals surface area contributed by atoms with Gasteiger partial charge in [-0.1, -0.05) is 0 Å². The Morgan fingerprint density at radius 1 is 1.42 bits per heavy atom. The first-order chi connectivity index (χ1) is 5.41. The number of hydrogen-bond acceptors (Lipinski definition) is 4. The van der Waals surface area contributed by atoms with Crippen molar-refractivity contribution in [3.8, 4) is 0 Å². The van der Waals surface area contributed by atoms with Crippen LogP contribution >= 0.6 is 0 Å². The first-order valence-corrected chi connectivity index (χ1v) is 5.40. The summed E-state index contributed by atoms with van der Waals surface area (Å²) in [7, 11) is -3.71. The summed E-state index contributed by atoms with van der Waals surface area (Å²) in [5.41, 5.74) is 0. The SMILES string of the molecule is CS(=O)(=O)OC1(F)CCOCC1. The van der Waals surface area contributed by atoms with Crippen LogP contribution < -0.4 is 0 Å². The molecule has 0 aromatic rings. The van der Waals surface area contributed by atoms with Crippen LogP contribution in [0.5, 0.6) is 0 Å². The number of alkyl halides is 1. The van der Waals surface area contributed by atoms with Crippen molar-refractivity contribution in [3.63, 3.8) is 0 Å². The van der Waals surface area contributed by atoms with Crippen molar-refractivity contribution >= 4 is 10.1 Å². The minimum atomic E-state index is -3.71. The first-order valence-electron chi connectivity index (χ1n) is 3.59. The van der Waals surface area contributed by atoms with Gasteiger partial charge in [-0.15, -0.1) is 0 Å². The summed E-state index contributed by atoms with van der Waals surface area (Å²) in [4.78, 5) is 0. The third-order valence-corrected chi connectivity index (χ3v) is 2.14. The van der Waals surface area contributed by atoms with Crippen LogP contribution in [0.25, 0.3) is 0 Å². The van der Waals surface area contributed by atoms with E-state index in [1.807, 2.05) is 0 Å².